The maximum absolute atomic E-state index is 11.4. The number of imide groups is 1. The minimum Gasteiger partial charge on any atom is -0.383 e. The van der Waals surface area contributed by atoms with Crippen molar-refractivity contribution in [3.63, 3.8) is 0 Å². The van der Waals surface area contributed by atoms with E-state index in [2.05, 4.69) is 16.7 Å². The Morgan fingerprint density at radius 2 is 2.00 bits per heavy atom. The highest BCUT2D eigenvalue weighted by Gasteiger charge is 2.23. The maximum Gasteiger partial charge on any atom is 0.246 e. The van der Waals surface area contributed by atoms with Crippen LogP contribution in [0.4, 0.5) is 5.69 Å². The Bertz CT molecular complexity index is 515. The molecule has 0 unspecified atom stereocenters. The zero-order valence-corrected chi connectivity index (χ0v) is 12.4. The fourth-order valence-corrected chi connectivity index (χ4v) is 2.40. The molecule has 0 bridgehead atoms. The highest BCUT2D eigenvalue weighted by molar-refractivity contribution is 6.02. The van der Waals surface area contributed by atoms with Crippen LogP contribution >= 0.6 is 0 Å². The minimum atomic E-state index is -0.254. The van der Waals surface area contributed by atoms with Gasteiger partial charge in [0.1, 0.15) is 0 Å². The Kier molecular flexibility index (Phi) is 5.30. The molecule has 1 aliphatic heterocycles. The van der Waals surface area contributed by atoms with Crippen LogP contribution in [0.1, 0.15) is 11.1 Å². The number of carbonyl (C=O) groups excluding carboxylic acids is 2. The van der Waals surface area contributed by atoms with Crippen molar-refractivity contribution >= 4 is 17.5 Å². The zero-order chi connectivity index (χ0) is 15.2. The SMILES string of the molecule is COCCNCc1ccc(N2CC(=O)NC(=O)C2)c(C)c1. The van der Waals surface area contributed by atoms with Crippen molar-refractivity contribution in [2.75, 3.05) is 38.3 Å². The Hall–Kier alpha value is -1.92. The van der Waals surface area contributed by atoms with Crippen molar-refractivity contribution in [2.24, 2.45) is 0 Å². The fraction of sp³-hybridized carbons (Fsp3) is 0.467. The van der Waals surface area contributed by atoms with Crippen LogP contribution in [0, 0.1) is 6.92 Å². The van der Waals surface area contributed by atoms with Crippen LogP contribution in [-0.2, 0) is 20.9 Å². The molecule has 21 heavy (non-hydrogen) atoms. The summed E-state index contributed by atoms with van der Waals surface area (Å²) in [5.74, 6) is -0.507. The Labute approximate surface area is 124 Å². The van der Waals surface area contributed by atoms with Crippen molar-refractivity contribution in [2.45, 2.75) is 13.5 Å². The van der Waals surface area contributed by atoms with Gasteiger partial charge in [-0.05, 0) is 24.1 Å². The summed E-state index contributed by atoms with van der Waals surface area (Å²) >= 11 is 0. The first-order chi connectivity index (χ1) is 10.1. The lowest BCUT2D eigenvalue weighted by Gasteiger charge is -2.29. The average Bonchev–Trinajstić information content (AvgIpc) is 2.42. The predicted octanol–water partition coefficient (Wildman–Crippen LogP) is 0.194. The van der Waals surface area contributed by atoms with E-state index in [4.69, 9.17) is 4.74 Å². The topological polar surface area (TPSA) is 70.7 Å². The van der Waals surface area contributed by atoms with Gasteiger partial charge in [0.25, 0.3) is 0 Å². The summed E-state index contributed by atoms with van der Waals surface area (Å²) in [7, 11) is 1.68. The van der Waals surface area contributed by atoms with Gasteiger partial charge in [-0.25, -0.2) is 0 Å². The van der Waals surface area contributed by atoms with E-state index < -0.39 is 0 Å². The van der Waals surface area contributed by atoms with Crippen molar-refractivity contribution in [1.29, 1.82) is 0 Å². The molecule has 1 fully saturated rings. The number of piperazine rings is 1. The number of methoxy groups -OCH3 is 1. The molecule has 1 heterocycles. The number of ether oxygens (including phenoxy) is 1. The molecule has 0 saturated carbocycles. The standard InChI is InChI=1S/C15H21N3O3/c1-11-7-12(8-16-5-6-21-2)3-4-13(11)18-9-14(19)17-15(20)10-18/h3-4,7,16H,5-6,8-10H2,1-2H3,(H,17,19,20). The highest BCUT2D eigenvalue weighted by Crippen LogP contribution is 2.22. The Balaban J connectivity index is 2.01. The molecule has 1 saturated heterocycles. The van der Waals surface area contributed by atoms with E-state index in [1.165, 1.54) is 5.56 Å². The van der Waals surface area contributed by atoms with Crippen LogP contribution in [0.3, 0.4) is 0 Å². The van der Waals surface area contributed by atoms with E-state index in [0.29, 0.717) is 6.61 Å². The van der Waals surface area contributed by atoms with Gasteiger partial charge in [-0.1, -0.05) is 12.1 Å². The number of rotatable bonds is 6. The van der Waals surface area contributed by atoms with Crippen molar-refractivity contribution in [3.05, 3.63) is 29.3 Å². The third-order valence-corrected chi connectivity index (χ3v) is 3.36. The molecule has 0 spiro atoms. The zero-order valence-electron chi connectivity index (χ0n) is 12.4. The van der Waals surface area contributed by atoms with Crippen LogP contribution in [0.15, 0.2) is 18.2 Å². The third-order valence-electron chi connectivity index (χ3n) is 3.36. The first-order valence-corrected chi connectivity index (χ1v) is 6.97. The minimum absolute atomic E-state index is 0.220. The Morgan fingerprint density at radius 1 is 1.29 bits per heavy atom. The van der Waals surface area contributed by atoms with Crippen molar-refractivity contribution in [1.82, 2.24) is 10.6 Å². The molecule has 1 aromatic carbocycles. The van der Waals surface area contributed by atoms with Crippen LogP contribution in [-0.4, -0.2) is 45.2 Å². The summed E-state index contributed by atoms with van der Waals surface area (Å²) in [6.07, 6.45) is 0. The summed E-state index contributed by atoms with van der Waals surface area (Å²) in [5.41, 5.74) is 3.16. The normalized spacial score (nSPS) is 15.2. The van der Waals surface area contributed by atoms with Gasteiger partial charge in [-0.15, -0.1) is 0 Å². The van der Waals surface area contributed by atoms with Gasteiger partial charge in [0.05, 0.1) is 19.7 Å². The van der Waals surface area contributed by atoms with E-state index in [9.17, 15) is 9.59 Å². The highest BCUT2D eigenvalue weighted by atomic mass is 16.5. The molecule has 2 N–H and O–H groups in total. The lowest BCUT2D eigenvalue weighted by atomic mass is 10.1. The molecule has 114 valence electrons. The lowest BCUT2D eigenvalue weighted by molar-refractivity contribution is -0.130. The molecule has 6 nitrogen and oxygen atoms in total. The molecule has 2 rings (SSSR count). The van der Waals surface area contributed by atoms with Gasteiger partial charge in [0, 0.05) is 25.9 Å². The van der Waals surface area contributed by atoms with E-state index in [0.717, 1.165) is 24.3 Å². The number of carbonyl (C=O) groups is 2. The summed E-state index contributed by atoms with van der Waals surface area (Å²) in [4.78, 5) is 24.7. The number of hydrogen-bond acceptors (Lipinski definition) is 5. The van der Waals surface area contributed by atoms with E-state index >= 15 is 0 Å². The van der Waals surface area contributed by atoms with Gasteiger partial charge >= 0.3 is 0 Å². The van der Waals surface area contributed by atoms with Crippen molar-refractivity contribution in [3.8, 4) is 0 Å². The number of hydrogen-bond donors (Lipinski definition) is 2. The van der Waals surface area contributed by atoms with Gasteiger partial charge in [0.15, 0.2) is 0 Å². The predicted molar refractivity (Wildman–Crippen MR) is 80.1 cm³/mol. The second kappa shape index (κ2) is 7.19. The number of benzene rings is 1. The largest absolute Gasteiger partial charge is 0.383 e. The molecule has 0 atom stereocenters. The summed E-state index contributed by atoms with van der Waals surface area (Å²) in [5, 5.41) is 5.59. The van der Waals surface area contributed by atoms with E-state index in [1.54, 1.807) is 12.0 Å². The van der Waals surface area contributed by atoms with Crippen molar-refractivity contribution < 1.29 is 14.3 Å². The number of aryl methyl sites for hydroxylation is 1. The lowest BCUT2D eigenvalue weighted by Crippen LogP contribution is -2.51. The molecule has 0 aromatic heterocycles. The number of nitrogens with zero attached hydrogens (tertiary/aromatic N) is 1. The van der Waals surface area contributed by atoms with Crippen LogP contribution in [0.25, 0.3) is 0 Å². The van der Waals surface area contributed by atoms with Gasteiger partial charge in [-0.2, -0.15) is 0 Å². The molecular formula is C15H21N3O3. The summed E-state index contributed by atoms with van der Waals surface area (Å²) in [6, 6.07) is 6.06. The molecule has 1 aliphatic rings. The maximum atomic E-state index is 11.4. The van der Waals surface area contributed by atoms with Crippen LogP contribution in [0.5, 0.6) is 0 Å². The first-order valence-electron chi connectivity index (χ1n) is 6.97. The second-order valence-corrected chi connectivity index (χ2v) is 5.12. The summed E-state index contributed by atoms with van der Waals surface area (Å²) in [6.45, 7) is 4.69. The molecule has 2 amide bonds. The quantitative estimate of drug-likeness (QED) is 0.578. The monoisotopic (exact) mass is 291 g/mol. The van der Waals surface area contributed by atoms with Gasteiger partial charge in [0.2, 0.25) is 11.8 Å². The molecule has 6 heteroatoms. The molecule has 0 radical (unpaired) electrons. The number of nitrogens with one attached hydrogen (secondary N) is 2. The van der Waals surface area contributed by atoms with Crippen LogP contribution in [0.2, 0.25) is 0 Å². The number of amides is 2. The van der Waals surface area contributed by atoms with E-state index in [-0.39, 0.29) is 24.9 Å². The van der Waals surface area contributed by atoms with Gasteiger partial charge in [-0.3, -0.25) is 14.9 Å². The van der Waals surface area contributed by atoms with Crippen LogP contribution < -0.4 is 15.5 Å². The third kappa shape index (κ3) is 4.27. The van der Waals surface area contributed by atoms with Gasteiger partial charge < -0.3 is 15.0 Å². The summed E-state index contributed by atoms with van der Waals surface area (Å²) < 4.78 is 4.98. The Morgan fingerprint density at radius 3 is 2.62 bits per heavy atom. The molecule has 0 aliphatic carbocycles. The second-order valence-electron chi connectivity index (χ2n) is 5.12. The first kappa shape index (κ1) is 15.5. The smallest absolute Gasteiger partial charge is 0.246 e. The van der Waals surface area contributed by atoms with E-state index in [1.807, 2.05) is 19.1 Å². The fourth-order valence-electron chi connectivity index (χ4n) is 2.40. The molecule has 1 aromatic rings. The molecular weight excluding hydrogens is 270 g/mol. The average molecular weight is 291 g/mol. The number of anilines is 1.